The molecular formula is C18H28N2. The number of hydrogen-bond donors (Lipinski definition) is 1. The molecule has 0 aromatic heterocycles. The van der Waals surface area contributed by atoms with E-state index in [2.05, 4.69) is 49.2 Å². The molecule has 2 fully saturated rings. The van der Waals surface area contributed by atoms with Gasteiger partial charge in [-0.3, -0.25) is 0 Å². The molecule has 20 heavy (non-hydrogen) atoms. The number of nitrogens with zero attached hydrogens (tertiary/aromatic N) is 1. The predicted molar refractivity (Wildman–Crippen MR) is 86.2 cm³/mol. The number of nitrogens with one attached hydrogen (secondary N) is 1. The smallest absolute Gasteiger partial charge is 0.0371 e. The largest absolute Gasteiger partial charge is 0.369 e. The fourth-order valence-corrected chi connectivity index (χ4v) is 3.30. The van der Waals surface area contributed by atoms with Crippen molar-refractivity contribution in [2.24, 2.45) is 5.92 Å². The van der Waals surface area contributed by atoms with E-state index < -0.39 is 0 Å². The number of piperidine rings is 1. The van der Waals surface area contributed by atoms with Crippen LogP contribution in [0.1, 0.15) is 50.7 Å². The fraction of sp³-hybridized carbons (Fsp3) is 0.667. The standard InChI is InChI=1S/C18H28N2/c1-13-5-4-10-20(15(13)3)18-9-6-16(14(2)11-18)12-19-17-7-8-17/h6,9,11,13,15,17,19H,4-5,7-8,10,12H2,1-3H3. The quantitative estimate of drug-likeness (QED) is 0.895. The summed E-state index contributed by atoms with van der Waals surface area (Å²) >= 11 is 0. The first-order valence-electron chi connectivity index (χ1n) is 8.24. The molecule has 1 aliphatic heterocycles. The number of hydrogen-bond acceptors (Lipinski definition) is 2. The van der Waals surface area contributed by atoms with Gasteiger partial charge in [-0.05, 0) is 68.7 Å². The number of rotatable bonds is 4. The summed E-state index contributed by atoms with van der Waals surface area (Å²) in [6, 6.07) is 8.49. The van der Waals surface area contributed by atoms with Gasteiger partial charge in [0.25, 0.3) is 0 Å². The Morgan fingerprint density at radius 3 is 2.70 bits per heavy atom. The highest BCUT2D eigenvalue weighted by Gasteiger charge is 2.25. The van der Waals surface area contributed by atoms with Gasteiger partial charge >= 0.3 is 0 Å². The van der Waals surface area contributed by atoms with Gasteiger partial charge in [-0.1, -0.05) is 13.0 Å². The zero-order valence-electron chi connectivity index (χ0n) is 13.2. The molecule has 2 aliphatic rings. The summed E-state index contributed by atoms with van der Waals surface area (Å²) in [7, 11) is 0. The van der Waals surface area contributed by atoms with E-state index in [0.717, 1.165) is 18.5 Å². The highest BCUT2D eigenvalue weighted by Crippen LogP contribution is 2.29. The van der Waals surface area contributed by atoms with Crippen LogP contribution in [0.4, 0.5) is 5.69 Å². The zero-order chi connectivity index (χ0) is 14.1. The van der Waals surface area contributed by atoms with Crippen LogP contribution < -0.4 is 10.2 Å². The van der Waals surface area contributed by atoms with Crippen LogP contribution in [-0.2, 0) is 6.54 Å². The van der Waals surface area contributed by atoms with Crippen molar-refractivity contribution in [3.63, 3.8) is 0 Å². The van der Waals surface area contributed by atoms with E-state index in [9.17, 15) is 0 Å². The van der Waals surface area contributed by atoms with E-state index in [-0.39, 0.29) is 0 Å². The van der Waals surface area contributed by atoms with E-state index in [4.69, 9.17) is 0 Å². The van der Waals surface area contributed by atoms with Crippen LogP contribution in [0.5, 0.6) is 0 Å². The maximum absolute atomic E-state index is 3.61. The van der Waals surface area contributed by atoms with E-state index in [1.807, 2.05) is 0 Å². The Balaban J connectivity index is 1.71. The van der Waals surface area contributed by atoms with E-state index in [0.29, 0.717) is 6.04 Å². The summed E-state index contributed by atoms with van der Waals surface area (Å²) < 4.78 is 0. The summed E-state index contributed by atoms with van der Waals surface area (Å²) in [6.07, 6.45) is 5.43. The van der Waals surface area contributed by atoms with Gasteiger partial charge in [0.1, 0.15) is 0 Å². The molecule has 1 saturated heterocycles. The van der Waals surface area contributed by atoms with Crippen molar-refractivity contribution in [2.75, 3.05) is 11.4 Å². The molecule has 0 radical (unpaired) electrons. The molecular weight excluding hydrogens is 244 g/mol. The van der Waals surface area contributed by atoms with Gasteiger partial charge in [0.05, 0.1) is 0 Å². The predicted octanol–water partition coefficient (Wildman–Crippen LogP) is 3.87. The first kappa shape index (κ1) is 13.9. The maximum Gasteiger partial charge on any atom is 0.0371 e. The zero-order valence-corrected chi connectivity index (χ0v) is 13.2. The van der Waals surface area contributed by atoms with Gasteiger partial charge in [0.15, 0.2) is 0 Å². The van der Waals surface area contributed by atoms with Crippen molar-refractivity contribution in [2.45, 2.75) is 65.1 Å². The minimum Gasteiger partial charge on any atom is -0.369 e. The minimum absolute atomic E-state index is 0.665. The number of anilines is 1. The molecule has 1 aromatic rings. The molecule has 2 unspecified atom stereocenters. The van der Waals surface area contributed by atoms with Crippen LogP contribution in [0.2, 0.25) is 0 Å². The van der Waals surface area contributed by atoms with Gasteiger partial charge in [-0.15, -0.1) is 0 Å². The normalized spacial score (nSPS) is 26.9. The SMILES string of the molecule is Cc1cc(N2CCCC(C)C2C)ccc1CNC1CC1. The highest BCUT2D eigenvalue weighted by atomic mass is 15.2. The molecule has 2 nitrogen and oxygen atoms in total. The van der Waals surface area contributed by atoms with Gasteiger partial charge < -0.3 is 10.2 Å². The Morgan fingerprint density at radius 1 is 1.20 bits per heavy atom. The lowest BCUT2D eigenvalue weighted by Gasteiger charge is -2.40. The molecule has 1 aliphatic carbocycles. The van der Waals surface area contributed by atoms with Crippen molar-refractivity contribution in [3.8, 4) is 0 Å². The Hall–Kier alpha value is -1.02. The molecule has 2 atom stereocenters. The monoisotopic (exact) mass is 272 g/mol. The first-order valence-corrected chi connectivity index (χ1v) is 8.24. The minimum atomic E-state index is 0.665. The number of benzene rings is 1. The molecule has 0 bridgehead atoms. The molecule has 1 N–H and O–H groups in total. The molecule has 1 aromatic carbocycles. The summed E-state index contributed by atoms with van der Waals surface area (Å²) in [5.74, 6) is 0.806. The lowest BCUT2D eigenvalue weighted by molar-refractivity contribution is 0.363. The summed E-state index contributed by atoms with van der Waals surface area (Å²) in [6.45, 7) is 9.26. The highest BCUT2D eigenvalue weighted by molar-refractivity contribution is 5.52. The molecule has 1 saturated carbocycles. The Morgan fingerprint density at radius 2 is 2.00 bits per heavy atom. The van der Waals surface area contributed by atoms with Crippen molar-refractivity contribution in [1.29, 1.82) is 0 Å². The van der Waals surface area contributed by atoms with Crippen molar-refractivity contribution < 1.29 is 0 Å². The van der Waals surface area contributed by atoms with Crippen LogP contribution in [-0.4, -0.2) is 18.6 Å². The molecule has 3 rings (SSSR count). The number of aryl methyl sites for hydroxylation is 1. The second kappa shape index (κ2) is 5.77. The topological polar surface area (TPSA) is 15.3 Å². The average molecular weight is 272 g/mol. The van der Waals surface area contributed by atoms with Crippen LogP contribution >= 0.6 is 0 Å². The third-order valence-corrected chi connectivity index (χ3v) is 5.19. The van der Waals surface area contributed by atoms with Crippen LogP contribution in [0.25, 0.3) is 0 Å². The van der Waals surface area contributed by atoms with Crippen LogP contribution in [0, 0.1) is 12.8 Å². The molecule has 1 heterocycles. The average Bonchev–Trinajstić information content (AvgIpc) is 3.25. The lowest BCUT2D eigenvalue weighted by atomic mass is 9.91. The van der Waals surface area contributed by atoms with Crippen molar-refractivity contribution >= 4 is 5.69 Å². The first-order chi connectivity index (χ1) is 9.65. The van der Waals surface area contributed by atoms with Gasteiger partial charge in [-0.25, -0.2) is 0 Å². The maximum atomic E-state index is 3.61. The third kappa shape index (κ3) is 3.01. The third-order valence-electron chi connectivity index (χ3n) is 5.19. The second-order valence-corrected chi connectivity index (χ2v) is 6.82. The molecule has 0 amide bonds. The fourth-order valence-electron chi connectivity index (χ4n) is 3.30. The van der Waals surface area contributed by atoms with Gasteiger partial charge in [0.2, 0.25) is 0 Å². The summed E-state index contributed by atoms with van der Waals surface area (Å²) in [5.41, 5.74) is 4.30. The lowest BCUT2D eigenvalue weighted by Crippen LogP contribution is -2.42. The van der Waals surface area contributed by atoms with Crippen molar-refractivity contribution in [3.05, 3.63) is 29.3 Å². The Labute approximate surface area is 123 Å². The summed E-state index contributed by atoms with van der Waals surface area (Å²) in [5, 5.41) is 3.61. The van der Waals surface area contributed by atoms with Crippen LogP contribution in [0.3, 0.4) is 0 Å². The van der Waals surface area contributed by atoms with E-state index >= 15 is 0 Å². The Bertz CT molecular complexity index is 464. The van der Waals surface area contributed by atoms with Crippen molar-refractivity contribution in [1.82, 2.24) is 5.32 Å². The van der Waals surface area contributed by atoms with Gasteiger partial charge in [0, 0.05) is 30.9 Å². The summed E-state index contributed by atoms with van der Waals surface area (Å²) in [4.78, 5) is 2.60. The molecule has 110 valence electrons. The Kier molecular flexibility index (Phi) is 4.02. The molecule has 2 heteroatoms. The van der Waals surface area contributed by atoms with Gasteiger partial charge in [-0.2, -0.15) is 0 Å². The molecule has 0 spiro atoms. The van der Waals surface area contributed by atoms with E-state index in [1.54, 1.807) is 0 Å². The van der Waals surface area contributed by atoms with E-state index in [1.165, 1.54) is 49.0 Å². The van der Waals surface area contributed by atoms with Crippen LogP contribution in [0.15, 0.2) is 18.2 Å². The second-order valence-electron chi connectivity index (χ2n) is 6.82.